The van der Waals surface area contributed by atoms with Gasteiger partial charge in [-0.05, 0) is 12.5 Å². The van der Waals surface area contributed by atoms with Gasteiger partial charge in [-0.3, -0.25) is 4.90 Å². The van der Waals surface area contributed by atoms with Crippen LogP contribution in [0, 0.1) is 0 Å². The SMILES string of the molecule is c1cnc2c(CN3CCC4OCc5cnnn5C4C3)cnn2c1. The molecule has 2 aliphatic rings. The number of hydrogen-bond donors (Lipinski definition) is 0. The predicted molar refractivity (Wildman–Crippen MR) is 80.5 cm³/mol. The molecule has 0 amide bonds. The summed E-state index contributed by atoms with van der Waals surface area (Å²) in [5, 5.41) is 12.6. The number of aromatic nitrogens is 6. The summed E-state index contributed by atoms with van der Waals surface area (Å²) < 4.78 is 9.82. The fraction of sp³-hybridized carbons (Fsp3) is 0.467. The smallest absolute Gasteiger partial charge is 0.159 e. The van der Waals surface area contributed by atoms with Crippen molar-refractivity contribution in [3.05, 3.63) is 42.1 Å². The maximum Gasteiger partial charge on any atom is 0.159 e. The van der Waals surface area contributed by atoms with E-state index in [0.29, 0.717) is 6.61 Å². The van der Waals surface area contributed by atoms with Gasteiger partial charge in [-0.1, -0.05) is 5.21 Å². The number of ether oxygens (including phenoxy) is 1. The third-order valence-electron chi connectivity index (χ3n) is 4.76. The highest BCUT2D eigenvalue weighted by Gasteiger charge is 2.36. The Kier molecular flexibility index (Phi) is 2.92. The lowest BCUT2D eigenvalue weighted by Gasteiger charge is -2.40. The van der Waals surface area contributed by atoms with Crippen molar-refractivity contribution in [3.63, 3.8) is 0 Å². The zero-order valence-electron chi connectivity index (χ0n) is 12.6. The van der Waals surface area contributed by atoms with Crippen LogP contribution in [0.5, 0.6) is 0 Å². The first kappa shape index (κ1) is 13.1. The van der Waals surface area contributed by atoms with Gasteiger partial charge in [0.2, 0.25) is 0 Å². The van der Waals surface area contributed by atoms with Gasteiger partial charge in [-0.2, -0.15) is 5.10 Å². The van der Waals surface area contributed by atoms with E-state index in [1.807, 2.05) is 33.9 Å². The summed E-state index contributed by atoms with van der Waals surface area (Å²) in [5.74, 6) is 0. The highest BCUT2D eigenvalue weighted by atomic mass is 16.5. The van der Waals surface area contributed by atoms with E-state index >= 15 is 0 Å². The van der Waals surface area contributed by atoms with E-state index in [-0.39, 0.29) is 12.1 Å². The van der Waals surface area contributed by atoms with Crippen LogP contribution in [-0.2, 0) is 17.9 Å². The second-order valence-corrected chi connectivity index (χ2v) is 6.17. The number of fused-ring (bicyclic) bond motifs is 4. The minimum Gasteiger partial charge on any atom is -0.370 e. The molecule has 1 fully saturated rings. The number of nitrogens with zero attached hydrogens (tertiary/aromatic N) is 7. The lowest BCUT2D eigenvalue weighted by Crippen LogP contribution is -2.47. The molecule has 8 heteroatoms. The summed E-state index contributed by atoms with van der Waals surface area (Å²) in [5.41, 5.74) is 3.14. The first-order valence-electron chi connectivity index (χ1n) is 7.89. The molecule has 2 aliphatic heterocycles. The van der Waals surface area contributed by atoms with Crippen molar-refractivity contribution in [1.82, 2.24) is 34.5 Å². The topological polar surface area (TPSA) is 73.4 Å². The molecule has 23 heavy (non-hydrogen) atoms. The van der Waals surface area contributed by atoms with E-state index < -0.39 is 0 Å². The molecular formula is C15H17N7O. The molecule has 0 aromatic carbocycles. The molecule has 8 nitrogen and oxygen atoms in total. The van der Waals surface area contributed by atoms with E-state index in [1.54, 1.807) is 6.20 Å². The zero-order valence-corrected chi connectivity index (χ0v) is 12.6. The van der Waals surface area contributed by atoms with Gasteiger partial charge in [0.1, 0.15) is 0 Å². The zero-order chi connectivity index (χ0) is 15.2. The van der Waals surface area contributed by atoms with Gasteiger partial charge in [0.15, 0.2) is 5.65 Å². The lowest BCUT2D eigenvalue weighted by molar-refractivity contribution is -0.0669. The van der Waals surface area contributed by atoms with E-state index in [9.17, 15) is 0 Å². The van der Waals surface area contributed by atoms with Crippen LogP contribution < -0.4 is 0 Å². The Balaban J connectivity index is 1.39. The fourth-order valence-electron chi connectivity index (χ4n) is 3.62. The highest BCUT2D eigenvalue weighted by Crippen LogP contribution is 2.30. The summed E-state index contributed by atoms with van der Waals surface area (Å²) in [6.45, 7) is 3.38. The standard InChI is InChI=1S/C15H17N7O/c1-3-16-15-11(6-18-21(15)4-1)8-20-5-2-14-13(9-20)22-12(10-23-14)7-17-19-22/h1,3-4,6-7,13-14H,2,5,8-10H2. The van der Waals surface area contributed by atoms with E-state index in [4.69, 9.17) is 4.74 Å². The monoisotopic (exact) mass is 311 g/mol. The van der Waals surface area contributed by atoms with Gasteiger partial charge in [-0.15, -0.1) is 5.10 Å². The van der Waals surface area contributed by atoms with Crippen LogP contribution in [0.15, 0.2) is 30.9 Å². The van der Waals surface area contributed by atoms with Crippen molar-refractivity contribution in [2.45, 2.75) is 31.7 Å². The van der Waals surface area contributed by atoms with Gasteiger partial charge in [0.05, 0.1) is 36.8 Å². The van der Waals surface area contributed by atoms with Crippen molar-refractivity contribution < 1.29 is 4.74 Å². The van der Waals surface area contributed by atoms with Crippen molar-refractivity contribution in [2.24, 2.45) is 0 Å². The molecule has 5 rings (SSSR count). The van der Waals surface area contributed by atoms with Gasteiger partial charge < -0.3 is 4.74 Å². The minimum absolute atomic E-state index is 0.238. The van der Waals surface area contributed by atoms with Crippen molar-refractivity contribution in [2.75, 3.05) is 13.1 Å². The van der Waals surface area contributed by atoms with Crippen molar-refractivity contribution in [1.29, 1.82) is 0 Å². The Hall–Kier alpha value is -2.32. The van der Waals surface area contributed by atoms with Crippen LogP contribution in [0.3, 0.4) is 0 Å². The van der Waals surface area contributed by atoms with E-state index in [0.717, 1.165) is 43.0 Å². The van der Waals surface area contributed by atoms with Gasteiger partial charge in [0, 0.05) is 37.6 Å². The first-order chi connectivity index (χ1) is 11.4. The van der Waals surface area contributed by atoms with Gasteiger partial charge in [-0.25, -0.2) is 14.2 Å². The second kappa shape index (κ2) is 5.10. The number of hydrogen-bond acceptors (Lipinski definition) is 6. The number of piperidine rings is 1. The molecule has 0 bridgehead atoms. The maximum absolute atomic E-state index is 5.96. The van der Waals surface area contributed by atoms with Gasteiger partial charge in [0.25, 0.3) is 0 Å². The Morgan fingerprint density at radius 3 is 3.30 bits per heavy atom. The molecule has 1 saturated heterocycles. The molecule has 5 heterocycles. The molecule has 118 valence electrons. The molecular weight excluding hydrogens is 294 g/mol. The van der Waals surface area contributed by atoms with Crippen LogP contribution in [0.2, 0.25) is 0 Å². The van der Waals surface area contributed by atoms with E-state index in [1.165, 1.54) is 0 Å². The predicted octanol–water partition coefficient (Wildman–Crippen LogP) is 0.667. The molecule has 2 atom stereocenters. The highest BCUT2D eigenvalue weighted by molar-refractivity contribution is 5.45. The van der Waals surface area contributed by atoms with Crippen LogP contribution >= 0.6 is 0 Å². The molecule has 3 aromatic rings. The van der Waals surface area contributed by atoms with E-state index in [2.05, 4.69) is 25.3 Å². The molecule has 0 N–H and O–H groups in total. The van der Waals surface area contributed by atoms with Crippen molar-refractivity contribution in [3.8, 4) is 0 Å². The summed E-state index contributed by atoms with van der Waals surface area (Å²) in [6, 6.07) is 2.13. The normalized spacial score (nSPS) is 24.5. The molecule has 2 unspecified atom stereocenters. The second-order valence-electron chi connectivity index (χ2n) is 6.17. The Morgan fingerprint density at radius 2 is 2.30 bits per heavy atom. The molecule has 0 radical (unpaired) electrons. The van der Waals surface area contributed by atoms with Gasteiger partial charge >= 0.3 is 0 Å². The van der Waals surface area contributed by atoms with Crippen LogP contribution in [0.25, 0.3) is 5.65 Å². The minimum atomic E-state index is 0.238. The molecule has 3 aromatic heterocycles. The third kappa shape index (κ3) is 2.13. The Labute approximate surface area is 132 Å². The van der Waals surface area contributed by atoms with Crippen LogP contribution in [0.1, 0.15) is 23.7 Å². The largest absolute Gasteiger partial charge is 0.370 e. The summed E-state index contributed by atoms with van der Waals surface area (Å²) in [7, 11) is 0. The first-order valence-corrected chi connectivity index (χ1v) is 7.89. The Morgan fingerprint density at radius 1 is 1.30 bits per heavy atom. The number of likely N-dealkylation sites (tertiary alicyclic amines) is 1. The van der Waals surface area contributed by atoms with Crippen molar-refractivity contribution >= 4 is 5.65 Å². The van der Waals surface area contributed by atoms with Crippen LogP contribution in [0.4, 0.5) is 0 Å². The summed E-state index contributed by atoms with van der Waals surface area (Å²) in [6.07, 6.45) is 8.69. The average Bonchev–Trinajstić information content (AvgIpc) is 3.22. The molecule has 0 spiro atoms. The maximum atomic E-state index is 5.96. The quantitative estimate of drug-likeness (QED) is 0.692. The number of rotatable bonds is 2. The molecule has 0 saturated carbocycles. The van der Waals surface area contributed by atoms with Crippen LogP contribution in [-0.4, -0.2) is 53.7 Å². The summed E-state index contributed by atoms with van der Waals surface area (Å²) in [4.78, 5) is 6.86. The average molecular weight is 311 g/mol. The Bertz CT molecular complexity index is 841. The third-order valence-corrected chi connectivity index (χ3v) is 4.76. The molecule has 0 aliphatic carbocycles. The fourth-order valence-corrected chi connectivity index (χ4v) is 3.62. The summed E-state index contributed by atoms with van der Waals surface area (Å²) >= 11 is 0. The lowest BCUT2D eigenvalue weighted by atomic mass is 10.00.